The SMILES string of the molecule is Cc1cccc(N2C(=O)[C@@H]3[C@H](c4ccccc4)OC4(C(=O)c5ccccc5C4=O)[C@H]3C2=O)c1. The van der Waals surface area contributed by atoms with Crippen molar-refractivity contribution in [2.75, 3.05) is 4.90 Å². The molecule has 0 saturated carbocycles. The van der Waals surface area contributed by atoms with E-state index < -0.39 is 46.9 Å². The average molecular weight is 437 g/mol. The van der Waals surface area contributed by atoms with Crippen molar-refractivity contribution in [1.29, 1.82) is 0 Å². The highest BCUT2D eigenvalue weighted by Crippen LogP contribution is 2.57. The van der Waals surface area contributed by atoms with Gasteiger partial charge in [0.25, 0.3) is 0 Å². The van der Waals surface area contributed by atoms with Crippen molar-refractivity contribution in [1.82, 2.24) is 0 Å². The lowest BCUT2D eigenvalue weighted by Crippen LogP contribution is -2.51. The molecule has 0 N–H and O–H groups in total. The molecule has 6 rings (SSSR count). The Bertz CT molecular complexity index is 1330. The zero-order valence-electron chi connectivity index (χ0n) is 17.7. The Morgan fingerprint density at radius 3 is 2.03 bits per heavy atom. The molecule has 162 valence electrons. The number of benzene rings is 3. The second-order valence-electron chi connectivity index (χ2n) is 8.74. The van der Waals surface area contributed by atoms with E-state index in [2.05, 4.69) is 0 Å². The number of carbonyl (C=O) groups is 4. The minimum Gasteiger partial charge on any atom is -0.349 e. The van der Waals surface area contributed by atoms with Crippen molar-refractivity contribution in [2.24, 2.45) is 11.8 Å². The minimum atomic E-state index is -2.04. The third-order valence-corrected chi connectivity index (χ3v) is 6.91. The van der Waals surface area contributed by atoms with Gasteiger partial charge in [0.2, 0.25) is 29.0 Å². The number of ketones is 2. The van der Waals surface area contributed by atoms with Crippen LogP contribution in [0.3, 0.4) is 0 Å². The lowest BCUT2D eigenvalue weighted by Gasteiger charge is -2.27. The van der Waals surface area contributed by atoms with Crippen LogP contribution in [0.2, 0.25) is 0 Å². The number of aryl methyl sites for hydroxylation is 1. The van der Waals surface area contributed by atoms with E-state index in [1.54, 1.807) is 66.7 Å². The number of Topliss-reactive ketones (excluding diaryl/α,β-unsaturated/α-hetero) is 2. The first-order chi connectivity index (χ1) is 15.9. The van der Waals surface area contributed by atoms with E-state index in [4.69, 9.17) is 4.74 Å². The lowest BCUT2D eigenvalue weighted by molar-refractivity contribution is -0.127. The van der Waals surface area contributed by atoms with Crippen LogP contribution in [-0.4, -0.2) is 29.0 Å². The topological polar surface area (TPSA) is 80.8 Å². The summed E-state index contributed by atoms with van der Waals surface area (Å²) in [6, 6.07) is 22.5. The van der Waals surface area contributed by atoms with Crippen molar-refractivity contribution < 1.29 is 23.9 Å². The molecule has 2 amide bonds. The normalized spacial score (nSPS) is 25.1. The van der Waals surface area contributed by atoms with Crippen molar-refractivity contribution >= 4 is 29.1 Å². The van der Waals surface area contributed by atoms with E-state index in [9.17, 15) is 19.2 Å². The highest BCUT2D eigenvalue weighted by molar-refractivity contribution is 6.37. The predicted molar refractivity (Wildman–Crippen MR) is 119 cm³/mol. The van der Waals surface area contributed by atoms with Gasteiger partial charge in [-0.1, -0.05) is 66.7 Å². The molecule has 3 aromatic rings. The predicted octanol–water partition coefficient (Wildman–Crippen LogP) is 3.69. The summed E-state index contributed by atoms with van der Waals surface area (Å²) < 4.78 is 6.25. The van der Waals surface area contributed by atoms with Crippen LogP contribution in [0.4, 0.5) is 5.69 Å². The van der Waals surface area contributed by atoms with E-state index in [0.29, 0.717) is 11.3 Å². The molecule has 2 heterocycles. The molecule has 1 spiro atoms. The van der Waals surface area contributed by atoms with Gasteiger partial charge in [-0.05, 0) is 30.2 Å². The van der Waals surface area contributed by atoms with Crippen LogP contribution < -0.4 is 4.90 Å². The molecule has 6 nitrogen and oxygen atoms in total. The van der Waals surface area contributed by atoms with E-state index in [0.717, 1.165) is 10.5 Å². The zero-order chi connectivity index (χ0) is 22.9. The van der Waals surface area contributed by atoms with E-state index in [1.807, 2.05) is 19.1 Å². The largest absolute Gasteiger partial charge is 0.349 e. The molecule has 0 unspecified atom stereocenters. The second-order valence-corrected chi connectivity index (χ2v) is 8.74. The molecule has 3 atom stereocenters. The maximum absolute atomic E-state index is 13.8. The molecular formula is C27H19NO5. The van der Waals surface area contributed by atoms with Crippen LogP contribution >= 0.6 is 0 Å². The number of imide groups is 1. The van der Waals surface area contributed by atoms with Crippen LogP contribution in [-0.2, 0) is 14.3 Å². The fraction of sp³-hybridized carbons (Fsp3) is 0.185. The zero-order valence-corrected chi connectivity index (χ0v) is 17.7. The van der Waals surface area contributed by atoms with Gasteiger partial charge in [-0.2, -0.15) is 0 Å². The summed E-state index contributed by atoms with van der Waals surface area (Å²) in [5.41, 5.74) is 0.370. The van der Waals surface area contributed by atoms with Crippen LogP contribution in [0.25, 0.3) is 0 Å². The quantitative estimate of drug-likeness (QED) is 0.451. The smallest absolute Gasteiger partial charge is 0.241 e. The molecule has 2 aliphatic heterocycles. The monoisotopic (exact) mass is 437 g/mol. The fourth-order valence-corrected chi connectivity index (χ4v) is 5.48. The Kier molecular flexibility index (Phi) is 4.07. The molecule has 2 saturated heterocycles. The highest BCUT2D eigenvalue weighted by Gasteiger charge is 2.74. The Hall–Kier alpha value is -3.90. The summed E-state index contributed by atoms with van der Waals surface area (Å²) in [5, 5.41) is 0. The number of carbonyl (C=O) groups excluding carboxylic acids is 4. The van der Waals surface area contributed by atoms with Gasteiger partial charge in [-0.3, -0.25) is 19.2 Å². The number of anilines is 1. The Morgan fingerprint density at radius 2 is 1.39 bits per heavy atom. The van der Waals surface area contributed by atoms with Crippen LogP contribution in [0.1, 0.15) is 37.9 Å². The lowest BCUT2D eigenvalue weighted by atomic mass is 9.77. The Balaban J connectivity index is 1.56. The van der Waals surface area contributed by atoms with Gasteiger partial charge in [-0.15, -0.1) is 0 Å². The maximum Gasteiger partial charge on any atom is 0.241 e. The number of hydrogen-bond donors (Lipinski definition) is 0. The second kappa shape index (κ2) is 6.80. The summed E-state index contributed by atoms with van der Waals surface area (Å²) in [7, 11) is 0. The number of ether oxygens (including phenoxy) is 1. The van der Waals surface area contributed by atoms with Crippen LogP contribution in [0.15, 0.2) is 78.9 Å². The van der Waals surface area contributed by atoms with Gasteiger partial charge >= 0.3 is 0 Å². The van der Waals surface area contributed by atoms with Gasteiger partial charge in [0.15, 0.2) is 0 Å². The summed E-state index contributed by atoms with van der Waals surface area (Å²) in [5.74, 6) is -4.36. The molecule has 2 fully saturated rings. The first-order valence-electron chi connectivity index (χ1n) is 10.8. The number of fused-ring (bicyclic) bond motifs is 3. The number of hydrogen-bond acceptors (Lipinski definition) is 5. The van der Waals surface area contributed by atoms with Crippen molar-refractivity contribution in [2.45, 2.75) is 18.6 Å². The average Bonchev–Trinajstić information content (AvgIpc) is 3.40. The highest BCUT2D eigenvalue weighted by atomic mass is 16.5. The van der Waals surface area contributed by atoms with E-state index >= 15 is 0 Å². The summed E-state index contributed by atoms with van der Waals surface area (Å²) >= 11 is 0. The first-order valence-corrected chi connectivity index (χ1v) is 10.8. The standard InChI is InChI=1S/C27H19NO5/c1-15-8-7-11-17(14-15)28-25(31)20-21(26(28)32)27(33-22(20)16-9-3-2-4-10-16)23(29)18-12-5-6-13-19(18)24(27)30/h2-14,20-22H,1H3/t20-,21+,22-/m0/s1. The molecule has 3 aromatic carbocycles. The molecule has 0 bridgehead atoms. The Labute approximate surface area is 189 Å². The van der Waals surface area contributed by atoms with Gasteiger partial charge in [0, 0.05) is 11.1 Å². The molecular weight excluding hydrogens is 418 g/mol. The third kappa shape index (κ3) is 2.47. The summed E-state index contributed by atoms with van der Waals surface area (Å²) in [6.07, 6.45) is -0.898. The molecule has 33 heavy (non-hydrogen) atoms. The van der Waals surface area contributed by atoms with Gasteiger partial charge in [-0.25, -0.2) is 4.90 Å². The van der Waals surface area contributed by atoms with Crippen molar-refractivity contribution in [3.05, 3.63) is 101 Å². The fourth-order valence-electron chi connectivity index (χ4n) is 5.48. The minimum absolute atomic E-state index is 0.226. The summed E-state index contributed by atoms with van der Waals surface area (Å²) in [6.45, 7) is 1.87. The molecule has 0 aromatic heterocycles. The van der Waals surface area contributed by atoms with Gasteiger partial charge in [0.05, 0.1) is 23.6 Å². The van der Waals surface area contributed by atoms with Crippen LogP contribution in [0, 0.1) is 18.8 Å². The summed E-state index contributed by atoms with van der Waals surface area (Å²) in [4.78, 5) is 56.0. The number of rotatable bonds is 2. The first kappa shape index (κ1) is 19.8. The van der Waals surface area contributed by atoms with Gasteiger partial charge < -0.3 is 4.74 Å². The molecule has 3 aliphatic rings. The number of amides is 2. The van der Waals surface area contributed by atoms with Crippen molar-refractivity contribution in [3.63, 3.8) is 0 Å². The van der Waals surface area contributed by atoms with E-state index in [-0.39, 0.29) is 11.1 Å². The van der Waals surface area contributed by atoms with Crippen LogP contribution in [0.5, 0.6) is 0 Å². The van der Waals surface area contributed by atoms with E-state index in [1.165, 1.54) is 0 Å². The Morgan fingerprint density at radius 1 is 0.758 bits per heavy atom. The molecule has 6 heteroatoms. The van der Waals surface area contributed by atoms with Gasteiger partial charge in [0.1, 0.15) is 0 Å². The maximum atomic E-state index is 13.8. The molecule has 0 radical (unpaired) electrons. The number of nitrogens with zero attached hydrogens (tertiary/aromatic N) is 1. The molecule has 1 aliphatic carbocycles. The third-order valence-electron chi connectivity index (χ3n) is 6.91. The van der Waals surface area contributed by atoms with Crippen molar-refractivity contribution in [3.8, 4) is 0 Å².